The molecule has 0 bridgehead atoms. The van der Waals surface area contributed by atoms with Crippen LogP contribution in [0.3, 0.4) is 0 Å². The number of amides is 2. The number of primary amides is 1. The Balaban J connectivity index is 1.74. The molecule has 2 aromatic rings. The van der Waals surface area contributed by atoms with Crippen molar-refractivity contribution in [1.82, 2.24) is 4.90 Å². The van der Waals surface area contributed by atoms with Gasteiger partial charge in [-0.25, -0.2) is 4.39 Å². The molecule has 0 aromatic heterocycles. The summed E-state index contributed by atoms with van der Waals surface area (Å²) in [6.45, 7) is 2.33. The van der Waals surface area contributed by atoms with Gasteiger partial charge in [-0.1, -0.05) is 23.2 Å². The van der Waals surface area contributed by atoms with E-state index < -0.39 is 11.7 Å². The Labute approximate surface area is 185 Å². The van der Waals surface area contributed by atoms with E-state index in [9.17, 15) is 14.0 Å². The van der Waals surface area contributed by atoms with Crippen LogP contribution in [0.2, 0.25) is 10.0 Å². The van der Waals surface area contributed by atoms with Crippen molar-refractivity contribution in [3.05, 3.63) is 60.4 Å². The van der Waals surface area contributed by atoms with Gasteiger partial charge in [0.25, 0.3) is 0 Å². The zero-order valence-electron chi connectivity index (χ0n) is 14.9. The van der Waals surface area contributed by atoms with Gasteiger partial charge in [0.05, 0.1) is 23.8 Å². The van der Waals surface area contributed by atoms with Gasteiger partial charge in [0.1, 0.15) is 5.82 Å². The van der Waals surface area contributed by atoms with E-state index in [4.69, 9.17) is 28.9 Å². The van der Waals surface area contributed by atoms with E-state index in [1.54, 1.807) is 11.0 Å². The fraction of sp³-hybridized carbons (Fsp3) is 0.263. The number of halogens is 4. The summed E-state index contributed by atoms with van der Waals surface area (Å²) in [4.78, 5) is 25.7. The van der Waals surface area contributed by atoms with Gasteiger partial charge in [-0.15, -0.1) is 0 Å². The summed E-state index contributed by atoms with van der Waals surface area (Å²) in [5.74, 6) is -1.53. The largest absolute Gasteiger partial charge is 0.374 e. The van der Waals surface area contributed by atoms with Gasteiger partial charge < -0.3 is 16.0 Å². The topological polar surface area (TPSA) is 75.4 Å². The van der Waals surface area contributed by atoms with Crippen molar-refractivity contribution in [1.29, 1.82) is 0 Å². The highest BCUT2D eigenvalue weighted by atomic mass is 127. The van der Waals surface area contributed by atoms with Crippen LogP contribution >= 0.6 is 45.8 Å². The number of rotatable bonds is 4. The number of hydrogen-bond acceptors (Lipinski definition) is 3. The lowest BCUT2D eigenvalue weighted by Crippen LogP contribution is -2.42. The second-order valence-electron chi connectivity index (χ2n) is 6.50. The number of nitrogens with one attached hydrogen (secondary N) is 1. The molecule has 1 unspecified atom stereocenters. The molecule has 0 saturated heterocycles. The lowest BCUT2D eigenvalue weighted by molar-refractivity contribution is -0.131. The first kappa shape index (κ1) is 21.1. The monoisotopic (exact) mass is 535 g/mol. The molecule has 5 nitrogen and oxygen atoms in total. The minimum atomic E-state index is -0.705. The molecule has 3 N–H and O–H groups in total. The summed E-state index contributed by atoms with van der Waals surface area (Å²) in [6.07, 6.45) is 0.644. The van der Waals surface area contributed by atoms with Crippen LogP contribution in [0, 0.1) is 9.39 Å². The van der Waals surface area contributed by atoms with Crippen molar-refractivity contribution in [2.75, 3.05) is 18.4 Å². The van der Waals surface area contributed by atoms with Crippen LogP contribution in [0.25, 0.3) is 0 Å². The van der Waals surface area contributed by atoms with E-state index in [1.807, 2.05) is 35.6 Å². The molecule has 2 amide bonds. The van der Waals surface area contributed by atoms with Gasteiger partial charge in [0.2, 0.25) is 11.8 Å². The smallest absolute Gasteiger partial charge is 0.249 e. The predicted octanol–water partition coefficient (Wildman–Crippen LogP) is 4.39. The van der Waals surface area contributed by atoms with Crippen molar-refractivity contribution in [3.63, 3.8) is 0 Å². The maximum Gasteiger partial charge on any atom is 0.249 e. The van der Waals surface area contributed by atoms with Crippen LogP contribution < -0.4 is 11.1 Å². The second-order valence-corrected chi connectivity index (χ2v) is 8.51. The molecular weight excluding hydrogens is 519 g/mol. The van der Waals surface area contributed by atoms with Crippen molar-refractivity contribution in [2.24, 2.45) is 5.73 Å². The fourth-order valence-corrected chi connectivity index (χ4v) is 4.81. The summed E-state index contributed by atoms with van der Waals surface area (Å²) >= 11 is 14.3. The highest BCUT2D eigenvalue weighted by Gasteiger charge is 2.29. The van der Waals surface area contributed by atoms with Crippen LogP contribution in [0.5, 0.6) is 0 Å². The molecule has 1 aliphatic rings. The van der Waals surface area contributed by atoms with E-state index in [2.05, 4.69) is 5.32 Å². The third-order valence-corrected chi connectivity index (χ3v) is 6.18. The average molecular weight is 536 g/mol. The SMILES string of the molecule is CC1c2c(Cl)cc(Cl)cc2CCN1C(=O)CNc1cc(I)c(C(N)=O)cc1F. The molecule has 0 radical (unpaired) electrons. The first-order valence-electron chi connectivity index (χ1n) is 8.49. The maximum absolute atomic E-state index is 14.2. The second kappa shape index (κ2) is 8.42. The van der Waals surface area contributed by atoms with Crippen LogP contribution in [-0.2, 0) is 11.2 Å². The molecule has 1 heterocycles. The average Bonchev–Trinajstić information content (AvgIpc) is 2.61. The number of carbonyl (C=O) groups excluding carboxylic acids is 2. The van der Waals surface area contributed by atoms with E-state index in [1.165, 1.54) is 6.07 Å². The van der Waals surface area contributed by atoms with Crippen LogP contribution in [0.15, 0.2) is 24.3 Å². The molecule has 0 fully saturated rings. The van der Waals surface area contributed by atoms with Crippen molar-refractivity contribution < 1.29 is 14.0 Å². The number of nitrogens with two attached hydrogens (primary N) is 1. The number of carbonyl (C=O) groups is 2. The minimum absolute atomic E-state index is 0.0895. The third kappa shape index (κ3) is 4.21. The Morgan fingerprint density at radius 2 is 2.04 bits per heavy atom. The molecule has 0 saturated carbocycles. The summed E-state index contributed by atoms with van der Waals surface area (Å²) in [5, 5.41) is 3.91. The first-order chi connectivity index (χ1) is 13.2. The summed E-state index contributed by atoms with van der Waals surface area (Å²) in [6, 6.07) is 5.85. The highest BCUT2D eigenvalue weighted by Crippen LogP contribution is 2.37. The Bertz CT molecular complexity index is 971. The zero-order valence-corrected chi connectivity index (χ0v) is 18.5. The number of nitrogens with zero attached hydrogens (tertiary/aromatic N) is 1. The lowest BCUT2D eigenvalue weighted by Gasteiger charge is -2.36. The number of hydrogen-bond donors (Lipinski definition) is 2. The van der Waals surface area contributed by atoms with E-state index in [0.717, 1.165) is 17.2 Å². The third-order valence-electron chi connectivity index (χ3n) is 4.76. The quantitative estimate of drug-likeness (QED) is 0.570. The molecule has 148 valence electrons. The van der Waals surface area contributed by atoms with E-state index >= 15 is 0 Å². The number of fused-ring (bicyclic) bond motifs is 1. The molecular formula is C19H17Cl2FIN3O2. The fourth-order valence-electron chi connectivity index (χ4n) is 3.39. The van der Waals surface area contributed by atoms with Gasteiger partial charge in [0.15, 0.2) is 0 Å². The van der Waals surface area contributed by atoms with Gasteiger partial charge in [0, 0.05) is 20.2 Å². The molecule has 28 heavy (non-hydrogen) atoms. The Hall–Kier alpha value is -1.58. The molecule has 2 aromatic carbocycles. The Morgan fingerprint density at radius 1 is 1.32 bits per heavy atom. The molecule has 3 rings (SSSR count). The Morgan fingerprint density at radius 3 is 2.71 bits per heavy atom. The predicted molar refractivity (Wildman–Crippen MR) is 116 cm³/mol. The molecule has 1 atom stereocenters. The lowest BCUT2D eigenvalue weighted by atomic mass is 9.93. The number of anilines is 1. The van der Waals surface area contributed by atoms with Gasteiger partial charge in [-0.05, 0) is 71.3 Å². The van der Waals surface area contributed by atoms with Crippen LogP contribution in [0.4, 0.5) is 10.1 Å². The number of benzene rings is 2. The zero-order chi connectivity index (χ0) is 20.6. The maximum atomic E-state index is 14.2. The molecule has 1 aliphatic heterocycles. The molecule has 0 spiro atoms. The van der Waals surface area contributed by atoms with Crippen molar-refractivity contribution in [3.8, 4) is 0 Å². The van der Waals surface area contributed by atoms with Crippen LogP contribution in [-0.4, -0.2) is 29.8 Å². The van der Waals surface area contributed by atoms with E-state index in [-0.39, 0.29) is 29.7 Å². The standard InChI is InChI=1S/C19H17Cl2FIN3O2/c1-9-18-10(4-11(20)5-13(18)21)2-3-26(9)17(27)8-25-16-7-15(23)12(19(24)28)6-14(16)22/h4-7,9,25H,2-3,8H2,1H3,(H2,24,28). The van der Waals surface area contributed by atoms with Gasteiger partial charge in [-0.2, -0.15) is 0 Å². The molecule has 9 heteroatoms. The minimum Gasteiger partial charge on any atom is -0.374 e. The first-order valence-corrected chi connectivity index (χ1v) is 10.3. The van der Waals surface area contributed by atoms with Gasteiger partial charge >= 0.3 is 0 Å². The van der Waals surface area contributed by atoms with Crippen LogP contribution in [0.1, 0.15) is 34.5 Å². The Kier molecular flexibility index (Phi) is 6.36. The van der Waals surface area contributed by atoms with E-state index in [0.29, 0.717) is 26.6 Å². The summed E-state index contributed by atoms with van der Waals surface area (Å²) < 4.78 is 14.7. The highest BCUT2D eigenvalue weighted by molar-refractivity contribution is 14.1. The summed E-state index contributed by atoms with van der Waals surface area (Å²) in [7, 11) is 0. The summed E-state index contributed by atoms with van der Waals surface area (Å²) in [5.41, 5.74) is 7.37. The molecule has 0 aliphatic carbocycles. The van der Waals surface area contributed by atoms with Crippen molar-refractivity contribution in [2.45, 2.75) is 19.4 Å². The van der Waals surface area contributed by atoms with Gasteiger partial charge in [-0.3, -0.25) is 9.59 Å². The van der Waals surface area contributed by atoms with Crippen molar-refractivity contribution >= 4 is 63.3 Å². The normalized spacial score (nSPS) is 15.9.